The second-order valence-electron chi connectivity index (χ2n) is 8.08. The van der Waals surface area contributed by atoms with Crippen molar-refractivity contribution in [1.82, 2.24) is 9.97 Å². The maximum atomic E-state index is 12.9. The molecule has 0 bridgehead atoms. The van der Waals surface area contributed by atoms with Crippen LogP contribution in [0.15, 0.2) is 54.7 Å². The summed E-state index contributed by atoms with van der Waals surface area (Å²) < 4.78 is 12.9. The van der Waals surface area contributed by atoms with Crippen molar-refractivity contribution in [2.24, 2.45) is 11.8 Å². The lowest BCUT2D eigenvalue weighted by molar-refractivity contribution is 0.629. The number of hydrogen-bond donors (Lipinski definition) is 2. The fraction of sp³-hybridized carbons (Fsp3) is 0.385. The lowest BCUT2D eigenvalue weighted by Crippen LogP contribution is -1.93. The van der Waals surface area contributed by atoms with Gasteiger partial charge in [-0.2, -0.15) is 0 Å². The molecule has 3 heteroatoms. The lowest BCUT2D eigenvalue weighted by Gasteiger charge is -2.01. The Labute approximate surface area is 174 Å². The SMILES string of the molecule is CC.CC(C)Cc1c[nH]c2ccccc12.CC(C)Cc1cc2cc(F)ccc2[nH]1. The van der Waals surface area contributed by atoms with Crippen LogP contribution in [0.2, 0.25) is 0 Å². The van der Waals surface area contributed by atoms with Crippen LogP contribution in [0.4, 0.5) is 4.39 Å². The van der Waals surface area contributed by atoms with Gasteiger partial charge in [-0.25, -0.2) is 4.39 Å². The number of halogens is 1. The first-order valence-electron chi connectivity index (χ1n) is 10.7. The largest absolute Gasteiger partial charge is 0.361 e. The Morgan fingerprint density at radius 1 is 0.828 bits per heavy atom. The van der Waals surface area contributed by atoms with Gasteiger partial charge in [-0.05, 0) is 60.6 Å². The average Bonchev–Trinajstić information content (AvgIpc) is 3.26. The highest BCUT2D eigenvalue weighted by atomic mass is 19.1. The van der Waals surface area contributed by atoms with E-state index in [4.69, 9.17) is 0 Å². The lowest BCUT2D eigenvalue weighted by atomic mass is 10.0. The second kappa shape index (κ2) is 10.8. The van der Waals surface area contributed by atoms with Crippen molar-refractivity contribution < 1.29 is 4.39 Å². The van der Waals surface area contributed by atoms with Crippen LogP contribution in [0.1, 0.15) is 52.8 Å². The Hall–Kier alpha value is -2.55. The monoisotopic (exact) mass is 394 g/mol. The fourth-order valence-corrected chi connectivity index (χ4v) is 3.45. The van der Waals surface area contributed by atoms with Gasteiger partial charge in [-0.1, -0.05) is 59.7 Å². The smallest absolute Gasteiger partial charge is 0.123 e. The molecule has 2 heterocycles. The van der Waals surface area contributed by atoms with Gasteiger partial charge in [0, 0.05) is 33.7 Å². The molecular weight excluding hydrogens is 359 g/mol. The average molecular weight is 395 g/mol. The molecule has 2 N–H and O–H groups in total. The third-order valence-electron chi connectivity index (χ3n) is 4.57. The number of hydrogen-bond acceptors (Lipinski definition) is 0. The number of aromatic nitrogens is 2. The van der Waals surface area contributed by atoms with E-state index in [1.54, 1.807) is 12.1 Å². The second-order valence-corrected chi connectivity index (χ2v) is 8.08. The molecule has 0 amide bonds. The minimum Gasteiger partial charge on any atom is -0.361 e. The molecule has 0 aliphatic carbocycles. The summed E-state index contributed by atoms with van der Waals surface area (Å²) in [6.45, 7) is 12.8. The van der Waals surface area contributed by atoms with Gasteiger partial charge in [-0.15, -0.1) is 0 Å². The molecule has 4 rings (SSSR count). The normalized spacial score (nSPS) is 10.8. The van der Waals surface area contributed by atoms with Gasteiger partial charge >= 0.3 is 0 Å². The summed E-state index contributed by atoms with van der Waals surface area (Å²) in [6.07, 6.45) is 4.30. The summed E-state index contributed by atoms with van der Waals surface area (Å²) in [6, 6.07) is 15.3. The van der Waals surface area contributed by atoms with Crippen molar-refractivity contribution in [2.45, 2.75) is 54.4 Å². The zero-order valence-corrected chi connectivity index (χ0v) is 18.6. The maximum absolute atomic E-state index is 12.9. The molecule has 0 aliphatic heterocycles. The summed E-state index contributed by atoms with van der Waals surface area (Å²) in [4.78, 5) is 6.58. The van der Waals surface area contributed by atoms with Gasteiger partial charge in [-0.3, -0.25) is 0 Å². The predicted molar refractivity (Wildman–Crippen MR) is 125 cm³/mol. The standard InChI is InChI=1S/C12H14FN.C12H15N.C2H6/c1-8(2)5-11-7-9-6-10(13)3-4-12(9)14-11;1-9(2)7-10-8-13-12-6-4-3-5-11(10)12;1-2/h3-4,6-8,14H,5H2,1-2H3;3-6,8-9,13H,7H2,1-2H3;1-2H3. The molecule has 0 saturated carbocycles. The molecular formula is C26H35FN2. The summed E-state index contributed by atoms with van der Waals surface area (Å²) in [5, 5.41) is 2.33. The van der Waals surface area contributed by atoms with Crippen LogP contribution >= 0.6 is 0 Å². The van der Waals surface area contributed by atoms with Crippen molar-refractivity contribution in [3.05, 3.63) is 71.8 Å². The van der Waals surface area contributed by atoms with Gasteiger partial charge in [0.2, 0.25) is 0 Å². The number of aromatic amines is 2. The van der Waals surface area contributed by atoms with E-state index < -0.39 is 0 Å². The van der Waals surface area contributed by atoms with Gasteiger partial charge in [0.05, 0.1) is 0 Å². The minimum absolute atomic E-state index is 0.174. The van der Waals surface area contributed by atoms with Crippen LogP contribution < -0.4 is 0 Å². The van der Waals surface area contributed by atoms with E-state index in [2.05, 4.69) is 68.1 Å². The van der Waals surface area contributed by atoms with E-state index in [0.717, 1.165) is 29.7 Å². The molecule has 0 saturated heterocycles. The van der Waals surface area contributed by atoms with Crippen molar-refractivity contribution in [3.8, 4) is 0 Å². The van der Waals surface area contributed by atoms with Gasteiger partial charge in [0.1, 0.15) is 5.82 Å². The molecule has 29 heavy (non-hydrogen) atoms. The number of nitrogens with one attached hydrogen (secondary N) is 2. The van der Waals surface area contributed by atoms with Crippen LogP contribution in [0.3, 0.4) is 0 Å². The number of fused-ring (bicyclic) bond motifs is 2. The molecule has 0 spiro atoms. The van der Waals surface area contributed by atoms with Crippen LogP contribution in [0.25, 0.3) is 21.8 Å². The zero-order chi connectivity index (χ0) is 21.4. The quantitative estimate of drug-likeness (QED) is 0.352. The van der Waals surface area contributed by atoms with Crippen molar-refractivity contribution in [2.75, 3.05) is 0 Å². The first kappa shape index (κ1) is 22.7. The Morgan fingerprint density at radius 3 is 2.21 bits per heavy atom. The first-order valence-corrected chi connectivity index (χ1v) is 10.7. The number of H-pyrrole nitrogens is 2. The molecule has 156 valence electrons. The maximum Gasteiger partial charge on any atom is 0.123 e. The molecule has 0 radical (unpaired) electrons. The molecule has 0 aliphatic rings. The molecule has 0 atom stereocenters. The first-order chi connectivity index (χ1) is 13.9. The van der Waals surface area contributed by atoms with E-state index in [0.29, 0.717) is 5.92 Å². The van der Waals surface area contributed by atoms with Crippen LogP contribution in [-0.2, 0) is 12.8 Å². The molecule has 0 fully saturated rings. The number of benzene rings is 2. The van der Waals surface area contributed by atoms with E-state index in [1.165, 1.54) is 28.2 Å². The Bertz CT molecular complexity index is 1010. The van der Waals surface area contributed by atoms with Crippen LogP contribution in [0.5, 0.6) is 0 Å². The summed E-state index contributed by atoms with van der Waals surface area (Å²) in [7, 11) is 0. The molecule has 4 aromatic rings. The molecule has 0 unspecified atom stereocenters. The predicted octanol–water partition coefficient (Wildman–Crippen LogP) is 7.90. The Balaban J connectivity index is 0.000000191. The number of para-hydroxylation sites is 1. The number of rotatable bonds is 4. The van der Waals surface area contributed by atoms with E-state index >= 15 is 0 Å². The molecule has 2 aromatic heterocycles. The third kappa shape index (κ3) is 6.49. The molecule has 2 nitrogen and oxygen atoms in total. The fourth-order valence-electron chi connectivity index (χ4n) is 3.45. The zero-order valence-electron chi connectivity index (χ0n) is 18.6. The van der Waals surface area contributed by atoms with Crippen molar-refractivity contribution in [1.29, 1.82) is 0 Å². The highest BCUT2D eigenvalue weighted by Gasteiger charge is 2.04. The Kier molecular flexibility index (Phi) is 8.50. The van der Waals surface area contributed by atoms with E-state index in [9.17, 15) is 4.39 Å². The highest BCUT2D eigenvalue weighted by Crippen LogP contribution is 2.20. The van der Waals surface area contributed by atoms with E-state index in [-0.39, 0.29) is 5.82 Å². The van der Waals surface area contributed by atoms with E-state index in [1.807, 2.05) is 19.9 Å². The summed E-state index contributed by atoms with van der Waals surface area (Å²) in [5.41, 5.74) is 4.88. The minimum atomic E-state index is -0.174. The summed E-state index contributed by atoms with van der Waals surface area (Å²) in [5.74, 6) is 1.17. The summed E-state index contributed by atoms with van der Waals surface area (Å²) >= 11 is 0. The van der Waals surface area contributed by atoms with Gasteiger partial charge in [0.15, 0.2) is 0 Å². The topological polar surface area (TPSA) is 31.6 Å². The highest BCUT2D eigenvalue weighted by molar-refractivity contribution is 5.83. The Morgan fingerprint density at radius 2 is 1.52 bits per heavy atom. The van der Waals surface area contributed by atoms with Crippen LogP contribution in [-0.4, -0.2) is 9.97 Å². The van der Waals surface area contributed by atoms with Gasteiger partial charge in [0.25, 0.3) is 0 Å². The van der Waals surface area contributed by atoms with Crippen molar-refractivity contribution >= 4 is 21.8 Å². The van der Waals surface area contributed by atoms with Crippen LogP contribution in [0, 0.1) is 17.7 Å². The van der Waals surface area contributed by atoms with Crippen molar-refractivity contribution in [3.63, 3.8) is 0 Å². The third-order valence-corrected chi connectivity index (χ3v) is 4.57. The van der Waals surface area contributed by atoms with Gasteiger partial charge < -0.3 is 9.97 Å². The molecule has 2 aromatic carbocycles.